The van der Waals surface area contributed by atoms with Gasteiger partial charge in [-0.1, -0.05) is 37.3 Å². The van der Waals surface area contributed by atoms with E-state index in [1.54, 1.807) is 13.0 Å². The Morgan fingerprint density at radius 3 is 2.47 bits per heavy atom. The lowest BCUT2D eigenvalue weighted by atomic mass is 10.1. The molecule has 59 heavy (non-hydrogen) atoms. The maximum Gasteiger partial charge on any atom is 0.300 e. The summed E-state index contributed by atoms with van der Waals surface area (Å²) in [5.74, 6) is -3.29. The van der Waals surface area contributed by atoms with Gasteiger partial charge in [0.1, 0.15) is 22.9 Å². The summed E-state index contributed by atoms with van der Waals surface area (Å²) in [4.78, 5) is 86.0. The molecule has 17 heteroatoms. The number of hydrogen-bond acceptors (Lipinski definition) is 10. The van der Waals surface area contributed by atoms with Gasteiger partial charge in [0.2, 0.25) is 5.91 Å². The Kier molecular flexibility index (Phi) is 13.2. The summed E-state index contributed by atoms with van der Waals surface area (Å²) in [6, 6.07) is 17.0. The van der Waals surface area contributed by atoms with Crippen LogP contribution in [0.4, 0.5) is 4.39 Å². The fourth-order valence-corrected chi connectivity index (χ4v) is 7.70. The Labute approximate surface area is 342 Å². The highest BCUT2D eigenvalue weighted by Crippen LogP contribution is 2.28. The van der Waals surface area contributed by atoms with E-state index in [0.29, 0.717) is 22.6 Å². The number of hydrogen-bond donors (Lipinski definition) is 3. The molecule has 2 aliphatic heterocycles. The third-order valence-corrected chi connectivity index (χ3v) is 10.7. The molecule has 4 bridgehead atoms. The Morgan fingerprint density at radius 2 is 1.75 bits per heavy atom. The number of rotatable bonds is 6. The molecule has 0 radical (unpaired) electrons. The fraction of sp³-hybridized carbons (Fsp3) is 0.310. The van der Waals surface area contributed by atoms with Crippen molar-refractivity contribution in [3.63, 3.8) is 0 Å². The number of carbonyl (C=O) groups excluding carboxylic acids is 4. The zero-order chi connectivity index (χ0) is 42.4. The fourth-order valence-electron chi connectivity index (χ4n) is 6.77. The number of nitrogens with one attached hydrogen (secondary N) is 2. The molecule has 2 aliphatic rings. The van der Waals surface area contributed by atoms with Gasteiger partial charge in [-0.15, -0.1) is 11.3 Å². The number of nitrogens with zero attached hydrogens (tertiary/aromatic N) is 4. The molecule has 1 saturated heterocycles. The molecule has 3 N–H and O–H groups in total. The van der Waals surface area contributed by atoms with Crippen molar-refractivity contribution in [2.75, 3.05) is 26.2 Å². The van der Waals surface area contributed by atoms with Crippen LogP contribution in [0, 0.1) is 19.7 Å². The van der Waals surface area contributed by atoms with Crippen molar-refractivity contribution in [2.24, 2.45) is 0 Å². The van der Waals surface area contributed by atoms with E-state index >= 15 is 4.39 Å². The van der Waals surface area contributed by atoms with Crippen LogP contribution in [0.1, 0.15) is 73.0 Å². The van der Waals surface area contributed by atoms with Gasteiger partial charge in [-0.25, -0.2) is 9.37 Å². The van der Waals surface area contributed by atoms with Crippen molar-refractivity contribution in [2.45, 2.75) is 59.4 Å². The summed E-state index contributed by atoms with van der Waals surface area (Å²) in [5, 5.41) is 13.2. The number of thiazole rings is 1. The van der Waals surface area contributed by atoms with Gasteiger partial charge < -0.3 is 35.0 Å². The highest BCUT2D eigenvalue weighted by Gasteiger charge is 2.39. The number of carboxylic acid groups (broad SMARTS) is 1. The summed E-state index contributed by atoms with van der Waals surface area (Å²) >= 11 is 1.35. The van der Waals surface area contributed by atoms with E-state index in [4.69, 9.17) is 19.4 Å². The largest absolute Gasteiger partial charge is 0.481 e. The molecular formula is C42H43FN6O9S. The van der Waals surface area contributed by atoms with E-state index in [0.717, 1.165) is 17.4 Å². The standard InChI is InChI=1S/C40H39FN6O7S.C2H4O2/c1-4-10-45-21-35(48)44-33-19-46(38(51)32-18-43-40-47(39(32)52)23(2)24(3)55-40)20-34(33)53-22-26-11-29(41)16-30(12-26)54-31-14-27(13-28(15-31)37(45)50)36(49)42-17-25-8-6-5-7-9-25;1-2(3)4/h5-9,11-16,18,33-34H,4,10,17,19-22H2,1-3H3,(H,42,49)(H,44,48);1H3,(H,3,4)/t33-,34-;/m1./s1. The van der Waals surface area contributed by atoms with E-state index in [-0.39, 0.29) is 67.5 Å². The van der Waals surface area contributed by atoms with E-state index in [1.165, 1.54) is 62.1 Å². The molecule has 5 aromatic rings. The first-order valence-corrected chi connectivity index (χ1v) is 19.6. The molecule has 1 fully saturated rings. The molecule has 4 heterocycles. The Hall–Kier alpha value is -6.46. The number of fused-ring (bicyclic) bond motifs is 6. The SMILES string of the molecule is CC(=O)O.CCCN1CC(=O)N[C@@H]2CN(C(=O)c3cnc4sc(C)c(C)n4c3=O)C[C@H]2OCc2cc(F)cc(c2)Oc2cc(C(=O)NCc3ccccc3)cc(c2)C1=O. The van der Waals surface area contributed by atoms with Crippen LogP contribution in [0.3, 0.4) is 0 Å². The highest BCUT2D eigenvalue weighted by molar-refractivity contribution is 7.17. The molecule has 4 amide bonds. The Bertz CT molecular complexity index is 2470. The van der Waals surface area contributed by atoms with Crippen molar-refractivity contribution in [3.8, 4) is 11.5 Å². The lowest BCUT2D eigenvalue weighted by molar-refractivity contribution is -0.134. The minimum absolute atomic E-state index is 0.00175. The van der Waals surface area contributed by atoms with Gasteiger partial charge in [-0.05, 0) is 61.7 Å². The lowest BCUT2D eigenvalue weighted by Gasteiger charge is -2.25. The molecule has 0 aliphatic carbocycles. The van der Waals surface area contributed by atoms with Crippen LogP contribution in [-0.2, 0) is 27.5 Å². The number of aliphatic carboxylic acids is 1. The molecule has 0 spiro atoms. The van der Waals surface area contributed by atoms with Gasteiger partial charge in [0.15, 0.2) is 4.96 Å². The molecule has 2 atom stereocenters. The third-order valence-electron chi connectivity index (χ3n) is 9.61. The predicted octanol–water partition coefficient (Wildman–Crippen LogP) is 4.72. The lowest BCUT2D eigenvalue weighted by Crippen LogP contribution is -2.49. The average Bonchev–Trinajstić information content (AvgIpc) is 3.73. The molecule has 7 rings (SSSR count). The van der Waals surface area contributed by atoms with Crippen LogP contribution in [0.5, 0.6) is 11.5 Å². The monoisotopic (exact) mass is 826 g/mol. The first kappa shape index (κ1) is 42.2. The zero-order valence-corrected chi connectivity index (χ0v) is 33.6. The maximum atomic E-state index is 15.0. The van der Waals surface area contributed by atoms with Crippen molar-refractivity contribution < 1.29 is 42.9 Å². The number of carboxylic acids is 1. The van der Waals surface area contributed by atoms with Crippen molar-refractivity contribution >= 4 is 45.9 Å². The first-order chi connectivity index (χ1) is 28.2. The van der Waals surface area contributed by atoms with Crippen molar-refractivity contribution in [1.82, 2.24) is 29.8 Å². The minimum atomic E-state index is -0.833. The smallest absolute Gasteiger partial charge is 0.300 e. The second-order valence-electron chi connectivity index (χ2n) is 14.1. The van der Waals surface area contributed by atoms with E-state index in [2.05, 4.69) is 15.6 Å². The van der Waals surface area contributed by atoms with E-state index < -0.39 is 53.1 Å². The number of carbonyl (C=O) groups is 5. The van der Waals surface area contributed by atoms with Crippen molar-refractivity contribution in [3.05, 3.63) is 127 Å². The Balaban J connectivity index is 0.00000140. The molecule has 15 nitrogen and oxygen atoms in total. The number of ether oxygens (including phenoxy) is 2. The third kappa shape index (κ3) is 10.2. The quantitative estimate of drug-likeness (QED) is 0.216. The topological polar surface area (TPSA) is 189 Å². The Morgan fingerprint density at radius 1 is 1.02 bits per heavy atom. The van der Waals surface area contributed by atoms with E-state index in [1.807, 2.05) is 44.2 Å². The summed E-state index contributed by atoms with van der Waals surface area (Å²) in [7, 11) is 0. The molecule has 0 unspecified atom stereocenters. The van der Waals surface area contributed by atoms with Crippen molar-refractivity contribution in [1.29, 1.82) is 0 Å². The first-order valence-electron chi connectivity index (χ1n) is 18.8. The maximum absolute atomic E-state index is 15.0. The van der Waals surface area contributed by atoms with Crippen LogP contribution >= 0.6 is 11.3 Å². The number of aromatic nitrogens is 2. The van der Waals surface area contributed by atoms with Gasteiger partial charge in [0.25, 0.3) is 29.3 Å². The molecule has 0 saturated carbocycles. The van der Waals surface area contributed by atoms with Gasteiger partial charge in [0.05, 0.1) is 25.3 Å². The number of aryl methyl sites for hydroxylation is 2. The van der Waals surface area contributed by atoms with Gasteiger partial charge in [-0.3, -0.25) is 33.2 Å². The van der Waals surface area contributed by atoms with E-state index in [9.17, 15) is 24.0 Å². The van der Waals surface area contributed by atoms with Crippen LogP contribution in [0.15, 0.2) is 77.7 Å². The summed E-state index contributed by atoms with van der Waals surface area (Å²) in [6.07, 6.45) is 1.05. The molecule has 3 aromatic carbocycles. The second kappa shape index (κ2) is 18.4. The predicted molar refractivity (Wildman–Crippen MR) is 215 cm³/mol. The van der Waals surface area contributed by atoms with Gasteiger partial charge in [0, 0.05) is 67.1 Å². The summed E-state index contributed by atoms with van der Waals surface area (Å²) < 4.78 is 28.8. The number of halogens is 1. The number of likely N-dealkylation sites (tertiary alicyclic amines) is 1. The van der Waals surface area contributed by atoms with Gasteiger partial charge in [-0.2, -0.15) is 0 Å². The number of benzene rings is 3. The summed E-state index contributed by atoms with van der Waals surface area (Å²) in [6.45, 7) is 6.66. The molecule has 2 aromatic heterocycles. The highest BCUT2D eigenvalue weighted by atomic mass is 32.1. The van der Waals surface area contributed by atoms with Crippen LogP contribution in [-0.4, -0.2) is 92.2 Å². The summed E-state index contributed by atoms with van der Waals surface area (Å²) in [5.41, 5.74) is 1.59. The molecule has 308 valence electrons. The normalized spacial score (nSPS) is 16.7. The van der Waals surface area contributed by atoms with Gasteiger partial charge >= 0.3 is 0 Å². The van der Waals surface area contributed by atoms with Crippen LogP contribution in [0.25, 0.3) is 4.96 Å². The van der Waals surface area contributed by atoms with Crippen LogP contribution in [0.2, 0.25) is 0 Å². The molecular weight excluding hydrogens is 784 g/mol. The average molecular weight is 827 g/mol. The zero-order valence-electron chi connectivity index (χ0n) is 32.8. The number of amides is 4. The minimum Gasteiger partial charge on any atom is -0.481 e. The second-order valence-corrected chi connectivity index (χ2v) is 15.3. The van der Waals surface area contributed by atoms with Crippen LogP contribution < -0.4 is 20.9 Å².